The minimum absolute atomic E-state index is 0.0527. The first-order valence-electron chi connectivity index (χ1n) is 5.72. The molecule has 1 N–H and O–H groups in total. The molecule has 1 aromatic carbocycles. The zero-order chi connectivity index (χ0) is 13.8. The van der Waals surface area contributed by atoms with E-state index in [1.807, 2.05) is 24.3 Å². The van der Waals surface area contributed by atoms with E-state index >= 15 is 0 Å². The molecule has 2 aromatic rings. The van der Waals surface area contributed by atoms with E-state index in [1.165, 1.54) is 18.2 Å². The highest BCUT2D eigenvalue weighted by atomic mass is 32.2. The van der Waals surface area contributed by atoms with Crippen LogP contribution in [-0.2, 0) is 4.79 Å². The maximum absolute atomic E-state index is 11.0. The van der Waals surface area contributed by atoms with Crippen LogP contribution in [0.5, 0.6) is 0 Å². The van der Waals surface area contributed by atoms with E-state index in [0.717, 1.165) is 11.1 Å². The number of amides is 1. The summed E-state index contributed by atoms with van der Waals surface area (Å²) >= 11 is 1.33. The molecule has 0 unspecified atom stereocenters. The molecule has 0 spiro atoms. The van der Waals surface area contributed by atoms with E-state index in [9.17, 15) is 4.79 Å². The lowest BCUT2D eigenvalue weighted by molar-refractivity contribution is -0.116. The molecule has 2 heterocycles. The highest BCUT2D eigenvalue weighted by Crippen LogP contribution is 2.15. The fourth-order valence-electron chi connectivity index (χ4n) is 1.58. The molecule has 1 aromatic heterocycles. The topological polar surface area (TPSA) is 92.7 Å². The monoisotopic (exact) mass is 287 g/mol. The predicted molar refractivity (Wildman–Crippen MR) is 75.4 cm³/mol. The van der Waals surface area contributed by atoms with Gasteiger partial charge in [-0.2, -0.15) is 10.1 Å². The van der Waals surface area contributed by atoms with Crippen LogP contribution in [-0.4, -0.2) is 33.2 Å². The second-order valence-electron chi connectivity index (χ2n) is 3.87. The van der Waals surface area contributed by atoms with E-state index in [4.69, 9.17) is 4.52 Å². The van der Waals surface area contributed by atoms with Gasteiger partial charge in [0.15, 0.2) is 5.17 Å². The highest BCUT2D eigenvalue weighted by Gasteiger charge is 2.15. The summed E-state index contributed by atoms with van der Waals surface area (Å²) in [5, 5.41) is 14.8. The van der Waals surface area contributed by atoms with E-state index < -0.39 is 0 Å². The Bertz CT molecular complexity index is 681. The summed E-state index contributed by atoms with van der Waals surface area (Å²) < 4.78 is 4.71. The standard InChI is InChI=1S/C12H9N5O2S/c18-10-6-20-12(15-10)16-14-5-8-2-1-3-9(4-8)11-13-7-19-17-11/h1-5,7H,6H2,(H,15,16,18). The zero-order valence-electron chi connectivity index (χ0n) is 10.2. The molecule has 1 saturated heterocycles. The molecule has 0 bridgehead atoms. The lowest BCUT2D eigenvalue weighted by Crippen LogP contribution is -2.19. The number of hydrogen-bond donors (Lipinski definition) is 1. The molecular formula is C12H9N5O2S. The Labute approximate surface area is 118 Å². The lowest BCUT2D eigenvalue weighted by Gasteiger charge is -1.96. The molecule has 7 nitrogen and oxygen atoms in total. The average Bonchev–Trinajstić information content (AvgIpc) is 3.11. The Morgan fingerprint density at radius 3 is 3.15 bits per heavy atom. The summed E-state index contributed by atoms with van der Waals surface area (Å²) in [6.07, 6.45) is 2.88. The number of amidine groups is 1. The second-order valence-corrected chi connectivity index (χ2v) is 4.83. The molecule has 1 aliphatic heterocycles. The van der Waals surface area contributed by atoms with Gasteiger partial charge in [-0.05, 0) is 11.6 Å². The number of rotatable bonds is 3. The molecule has 0 atom stereocenters. The van der Waals surface area contributed by atoms with Crippen molar-refractivity contribution in [2.45, 2.75) is 0 Å². The summed E-state index contributed by atoms with van der Waals surface area (Å²) in [5.41, 5.74) is 1.69. The fourth-order valence-corrected chi connectivity index (χ4v) is 2.21. The van der Waals surface area contributed by atoms with Crippen LogP contribution in [0.3, 0.4) is 0 Å². The largest absolute Gasteiger partial charge is 0.342 e. The molecule has 8 heteroatoms. The summed E-state index contributed by atoms with van der Waals surface area (Å²) in [7, 11) is 0. The van der Waals surface area contributed by atoms with E-state index in [1.54, 1.807) is 6.21 Å². The third-order valence-corrected chi connectivity index (χ3v) is 3.31. The molecule has 1 amide bonds. The minimum atomic E-state index is -0.0527. The Hall–Kier alpha value is -2.48. The van der Waals surface area contributed by atoms with E-state index in [2.05, 4.69) is 25.7 Å². The van der Waals surface area contributed by atoms with Gasteiger partial charge in [-0.15, -0.1) is 5.10 Å². The van der Waals surface area contributed by atoms with Crippen molar-refractivity contribution in [3.8, 4) is 11.4 Å². The summed E-state index contributed by atoms with van der Waals surface area (Å²) in [5.74, 6) is 0.856. The van der Waals surface area contributed by atoms with E-state index in [0.29, 0.717) is 16.7 Å². The van der Waals surface area contributed by atoms with Gasteiger partial charge in [0.05, 0.1) is 12.0 Å². The quantitative estimate of drug-likeness (QED) is 0.678. The van der Waals surface area contributed by atoms with Crippen LogP contribution in [0.1, 0.15) is 5.56 Å². The number of aromatic nitrogens is 2. The number of nitrogens with zero attached hydrogens (tertiary/aromatic N) is 4. The third-order valence-electron chi connectivity index (χ3n) is 2.45. The number of carbonyl (C=O) groups excluding carboxylic acids is 1. The summed E-state index contributed by atoms with van der Waals surface area (Å²) in [6, 6.07) is 7.50. The number of carbonyl (C=O) groups is 1. The third kappa shape index (κ3) is 2.91. The van der Waals surface area contributed by atoms with Crippen molar-refractivity contribution in [2.75, 3.05) is 5.75 Å². The summed E-state index contributed by atoms with van der Waals surface area (Å²) in [4.78, 5) is 15.0. The van der Waals surface area contributed by atoms with Gasteiger partial charge in [-0.25, -0.2) is 0 Å². The molecule has 20 heavy (non-hydrogen) atoms. The number of hydrogen-bond acceptors (Lipinski definition) is 7. The van der Waals surface area contributed by atoms with Crippen molar-refractivity contribution in [3.63, 3.8) is 0 Å². The predicted octanol–water partition coefficient (Wildman–Crippen LogP) is 1.29. The SMILES string of the molecule is O=C1CSC(=NN=Cc2cccc(-c3ncon3)c2)N1. The Morgan fingerprint density at radius 2 is 2.40 bits per heavy atom. The first-order valence-corrected chi connectivity index (χ1v) is 6.70. The first kappa shape index (κ1) is 12.5. The first-order chi connectivity index (χ1) is 9.81. The van der Waals surface area contributed by atoms with E-state index in [-0.39, 0.29) is 5.91 Å². The molecule has 1 aliphatic rings. The fraction of sp³-hybridized carbons (Fsp3) is 0.0833. The van der Waals surface area contributed by atoms with Crippen molar-refractivity contribution in [2.24, 2.45) is 10.2 Å². The Kier molecular flexibility index (Phi) is 3.55. The van der Waals surface area contributed by atoms with Crippen LogP contribution in [0, 0.1) is 0 Å². The smallest absolute Gasteiger partial charge is 0.236 e. The number of benzene rings is 1. The van der Waals surface area contributed by atoms with Gasteiger partial charge in [-0.3, -0.25) is 4.79 Å². The van der Waals surface area contributed by atoms with Crippen LogP contribution in [0.2, 0.25) is 0 Å². The maximum Gasteiger partial charge on any atom is 0.236 e. The van der Waals surface area contributed by atoms with Crippen LogP contribution < -0.4 is 5.32 Å². The van der Waals surface area contributed by atoms with Gasteiger partial charge in [0.2, 0.25) is 18.1 Å². The van der Waals surface area contributed by atoms with Crippen LogP contribution in [0.15, 0.2) is 45.4 Å². The molecule has 3 rings (SSSR count). The molecule has 0 radical (unpaired) electrons. The maximum atomic E-state index is 11.0. The van der Waals surface area contributed by atoms with Crippen LogP contribution >= 0.6 is 11.8 Å². The highest BCUT2D eigenvalue weighted by molar-refractivity contribution is 8.15. The zero-order valence-corrected chi connectivity index (χ0v) is 11.0. The number of thioether (sulfide) groups is 1. The van der Waals surface area contributed by atoms with Crippen molar-refractivity contribution >= 4 is 29.1 Å². The van der Waals surface area contributed by atoms with Gasteiger partial charge < -0.3 is 9.84 Å². The lowest BCUT2D eigenvalue weighted by atomic mass is 10.1. The molecular weight excluding hydrogens is 278 g/mol. The molecule has 0 saturated carbocycles. The Morgan fingerprint density at radius 1 is 1.45 bits per heavy atom. The van der Waals surface area contributed by atoms with Gasteiger partial charge in [0.25, 0.3) is 0 Å². The van der Waals surface area contributed by atoms with Crippen molar-refractivity contribution < 1.29 is 9.32 Å². The number of nitrogens with one attached hydrogen (secondary N) is 1. The van der Waals surface area contributed by atoms with Crippen molar-refractivity contribution in [3.05, 3.63) is 36.2 Å². The van der Waals surface area contributed by atoms with Gasteiger partial charge >= 0.3 is 0 Å². The van der Waals surface area contributed by atoms with Crippen molar-refractivity contribution in [1.82, 2.24) is 15.5 Å². The normalized spacial score (nSPS) is 17.0. The average molecular weight is 287 g/mol. The minimum Gasteiger partial charge on any atom is -0.342 e. The second kappa shape index (κ2) is 5.66. The van der Waals surface area contributed by atoms with Crippen LogP contribution in [0.4, 0.5) is 0 Å². The molecule has 1 fully saturated rings. The Balaban J connectivity index is 1.75. The van der Waals surface area contributed by atoms with Crippen LogP contribution in [0.25, 0.3) is 11.4 Å². The van der Waals surface area contributed by atoms with Gasteiger partial charge in [-0.1, -0.05) is 35.1 Å². The molecule has 0 aliphatic carbocycles. The summed E-state index contributed by atoms with van der Waals surface area (Å²) in [6.45, 7) is 0. The van der Waals surface area contributed by atoms with Gasteiger partial charge in [0, 0.05) is 5.56 Å². The van der Waals surface area contributed by atoms with Gasteiger partial charge in [0.1, 0.15) is 0 Å². The van der Waals surface area contributed by atoms with Crippen molar-refractivity contribution in [1.29, 1.82) is 0 Å². The molecule has 100 valence electrons.